The Kier molecular flexibility index (Phi) is 5.69. The van der Waals surface area contributed by atoms with Crippen LogP contribution in [0.3, 0.4) is 0 Å². The van der Waals surface area contributed by atoms with Crippen molar-refractivity contribution in [1.82, 2.24) is 9.80 Å². The van der Waals surface area contributed by atoms with E-state index in [1.807, 2.05) is 25.1 Å². The number of rotatable bonds is 5. The first kappa shape index (κ1) is 14.2. The van der Waals surface area contributed by atoms with Crippen molar-refractivity contribution in [2.45, 2.75) is 39.2 Å². The average molecular weight is 238 g/mol. The molecule has 0 aromatic rings. The van der Waals surface area contributed by atoms with E-state index in [9.17, 15) is 4.79 Å². The summed E-state index contributed by atoms with van der Waals surface area (Å²) in [6.07, 6.45) is 7.15. The van der Waals surface area contributed by atoms with Gasteiger partial charge in [0.25, 0.3) is 0 Å². The van der Waals surface area contributed by atoms with Crippen LogP contribution in [0, 0.1) is 5.92 Å². The highest BCUT2D eigenvalue weighted by atomic mass is 16.2. The molecule has 1 amide bonds. The molecule has 1 aliphatic rings. The van der Waals surface area contributed by atoms with Crippen molar-refractivity contribution in [2.24, 2.45) is 5.92 Å². The summed E-state index contributed by atoms with van der Waals surface area (Å²) in [5.41, 5.74) is 0. The largest absolute Gasteiger partial charge is 0.336 e. The molecule has 1 saturated heterocycles. The fourth-order valence-electron chi connectivity index (χ4n) is 2.38. The van der Waals surface area contributed by atoms with Gasteiger partial charge in [0, 0.05) is 25.2 Å². The molecule has 1 heterocycles. The van der Waals surface area contributed by atoms with Gasteiger partial charge in [-0.1, -0.05) is 19.9 Å². The zero-order valence-corrected chi connectivity index (χ0v) is 11.6. The molecule has 1 atom stereocenters. The molecule has 98 valence electrons. The molecule has 0 radical (unpaired) electrons. The van der Waals surface area contributed by atoms with Gasteiger partial charge in [0.15, 0.2) is 0 Å². The Morgan fingerprint density at radius 2 is 2.18 bits per heavy atom. The van der Waals surface area contributed by atoms with E-state index in [2.05, 4.69) is 18.7 Å². The lowest BCUT2D eigenvalue weighted by Crippen LogP contribution is -2.35. The monoisotopic (exact) mass is 238 g/mol. The Hall–Kier alpha value is -0.830. The maximum absolute atomic E-state index is 12.0. The molecule has 0 saturated carbocycles. The van der Waals surface area contributed by atoms with Crippen molar-refractivity contribution >= 4 is 5.91 Å². The lowest BCUT2D eigenvalue weighted by Gasteiger charge is -2.25. The normalized spacial score (nSPS) is 21.1. The molecule has 0 spiro atoms. The number of carbonyl (C=O) groups excluding carboxylic acids is 1. The molecular formula is C14H26N2O. The number of hydrogen-bond acceptors (Lipinski definition) is 2. The molecular weight excluding hydrogens is 212 g/mol. The predicted molar refractivity (Wildman–Crippen MR) is 71.9 cm³/mol. The minimum atomic E-state index is 0.190. The zero-order valence-electron chi connectivity index (χ0n) is 11.6. The molecule has 3 heteroatoms. The average Bonchev–Trinajstić information content (AvgIpc) is 2.64. The zero-order chi connectivity index (χ0) is 12.8. The van der Waals surface area contributed by atoms with Crippen LogP contribution >= 0.6 is 0 Å². The summed E-state index contributed by atoms with van der Waals surface area (Å²) in [5.74, 6) is 0.856. The van der Waals surface area contributed by atoms with Crippen LogP contribution in [-0.2, 0) is 4.79 Å². The third-order valence-corrected chi connectivity index (χ3v) is 3.13. The molecule has 0 aromatic carbocycles. The summed E-state index contributed by atoms with van der Waals surface area (Å²) in [6.45, 7) is 6.21. The molecule has 3 nitrogen and oxygen atoms in total. The summed E-state index contributed by atoms with van der Waals surface area (Å²) in [4.78, 5) is 16.1. The summed E-state index contributed by atoms with van der Waals surface area (Å²) < 4.78 is 0. The van der Waals surface area contributed by atoms with Gasteiger partial charge in [-0.15, -0.1) is 0 Å². The number of nitrogens with zero attached hydrogens (tertiary/aromatic N) is 2. The van der Waals surface area contributed by atoms with E-state index in [4.69, 9.17) is 0 Å². The van der Waals surface area contributed by atoms with Gasteiger partial charge < -0.3 is 9.80 Å². The smallest absolute Gasteiger partial charge is 0.246 e. The first-order valence-electron chi connectivity index (χ1n) is 6.62. The van der Waals surface area contributed by atoms with E-state index in [1.54, 1.807) is 6.08 Å². The Morgan fingerprint density at radius 3 is 2.76 bits per heavy atom. The number of hydrogen-bond donors (Lipinski definition) is 0. The lowest BCUT2D eigenvalue weighted by atomic mass is 10.0. The molecule has 0 unspecified atom stereocenters. The molecule has 1 rings (SSSR count). The third-order valence-electron chi connectivity index (χ3n) is 3.13. The maximum Gasteiger partial charge on any atom is 0.246 e. The lowest BCUT2D eigenvalue weighted by molar-refractivity contribution is -0.127. The molecule has 0 aromatic heterocycles. The topological polar surface area (TPSA) is 23.6 Å². The molecule has 0 aliphatic carbocycles. The van der Waals surface area contributed by atoms with E-state index in [1.165, 1.54) is 6.42 Å². The second-order valence-electron chi connectivity index (χ2n) is 5.62. The Bertz CT molecular complexity index is 271. The predicted octanol–water partition coefficient (Wildman–Crippen LogP) is 2.14. The standard InChI is InChI=1S/C14H26N2O/c1-12(2)11-13-7-5-10-16(13)14(17)8-6-9-15(3)4/h6,8,12-13H,5,7,9-11H2,1-4H3/b8-6+/t13-/m0/s1. The molecule has 0 N–H and O–H groups in total. The van der Waals surface area contributed by atoms with Crippen molar-refractivity contribution in [1.29, 1.82) is 0 Å². The van der Waals surface area contributed by atoms with Gasteiger partial charge in [0.2, 0.25) is 5.91 Å². The van der Waals surface area contributed by atoms with Crippen LogP contribution in [0.25, 0.3) is 0 Å². The van der Waals surface area contributed by atoms with Gasteiger partial charge in [0.1, 0.15) is 0 Å². The van der Waals surface area contributed by atoms with E-state index in [-0.39, 0.29) is 5.91 Å². The molecule has 0 bridgehead atoms. The Balaban J connectivity index is 2.47. The van der Waals surface area contributed by atoms with Crippen molar-refractivity contribution in [3.05, 3.63) is 12.2 Å². The van der Waals surface area contributed by atoms with Crippen LogP contribution in [0.4, 0.5) is 0 Å². The summed E-state index contributed by atoms with van der Waals surface area (Å²) in [5, 5.41) is 0. The maximum atomic E-state index is 12.0. The quantitative estimate of drug-likeness (QED) is 0.685. The molecule has 1 aliphatic heterocycles. The van der Waals surface area contributed by atoms with Crippen LogP contribution in [0.2, 0.25) is 0 Å². The van der Waals surface area contributed by atoms with Crippen LogP contribution in [0.5, 0.6) is 0 Å². The molecule has 17 heavy (non-hydrogen) atoms. The minimum absolute atomic E-state index is 0.190. The van der Waals surface area contributed by atoms with E-state index < -0.39 is 0 Å². The van der Waals surface area contributed by atoms with Gasteiger partial charge in [-0.3, -0.25) is 4.79 Å². The summed E-state index contributed by atoms with van der Waals surface area (Å²) in [6, 6.07) is 0.464. The van der Waals surface area contributed by atoms with Crippen molar-refractivity contribution in [2.75, 3.05) is 27.2 Å². The first-order valence-corrected chi connectivity index (χ1v) is 6.62. The van der Waals surface area contributed by atoms with Crippen molar-refractivity contribution in [3.63, 3.8) is 0 Å². The Labute approximate surface area is 105 Å². The van der Waals surface area contributed by atoms with E-state index in [0.717, 1.165) is 25.9 Å². The van der Waals surface area contributed by atoms with Crippen LogP contribution in [0.1, 0.15) is 33.1 Å². The second-order valence-corrected chi connectivity index (χ2v) is 5.62. The highest BCUT2D eigenvalue weighted by molar-refractivity contribution is 5.88. The van der Waals surface area contributed by atoms with Crippen LogP contribution in [-0.4, -0.2) is 48.9 Å². The van der Waals surface area contributed by atoms with Gasteiger partial charge in [-0.2, -0.15) is 0 Å². The van der Waals surface area contributed by atoms with E-state index >= 15 is 0 Å². The van der Waals surface area contributed by atoms with Crippen LogP contribution < -0.4 is 0 Å². The SMILES string of the molecule is CC(C)C[C@@H]1CCCN1C(=O)/C=C/CN(C)C. The van der Waals surface area contributed by atoms with E-state index in [0.29, 0.717) is 12.0 Å². The first-order chi connectivity index (χ1) is 8.00. The second kappa shape index (κ2) is 6.80. The van der Waals surface area contributed by atoms with Gasteiger partial charge in [-0.25, -0.2) is 0 Å². The van der Waals surface area contributed by atoms with Gasteiger partial charge in [-0.05, 0) is 39.3 Å². The summed E-state index contributed by atoms with van der Waals surface area (Å²) in [7, 11) is 4.01. The number of amides is 1. The fourth-order valence-corrected chi connectivity index (χ4v) is 2.38. The van der Waals surface area contributed by atoms with Gasteiger partial charge >= 0.3 is 0 Å². The molecule has 1 fully saturated rings. The highest BCUT2D eigenvalue weighted by Crippen LogP contribution is 2.23. The third kappa shape index (κ3) is 4.90. The summed E-state index contributed by atoms with van der Waals surface area (Å²) >= 11 is 0. The number of likely N-dealkylation sites (N-methyl/N-ethyl adjacent to an activating group) is 1. The minimum Gasteiger partial charge on any atom is -0.336 e. The Morgan fingerprint density at radius 1 is 1.47 bits per heavy atom. The fraction of sp³-hybridized carbons (Fsp3) is 0.786. The van der Waals surface area contributed by atoms with Gasteiger partial charge in [0.05, 0.1) is 0 Å². The number of carbonyl (C=O) groups is 1. The highest BCUT2D eigenvalue weighted by Gasteiger charge is 2.27. The van der Waals surface area contributed by atoms with Crippen molar-refractivity contribution < 1.29 is 4.79 Å². The van der Waals surface area contributed by atoms with Crippen molar-refractivity contribution in [3.8, 4) is 0 Å². The number of likely N-dealkylation sites (tertiary alicyclic amines) is 1. The van der Waals surface area contributed by atoms with Crippen LogP contribution in [0.15, 0.2) is 12.2 Å².